The summed E-state index contributed by atoms with van der Waals surface area (Å²) in [6.45, 7) is 0. The Balaban J connectivity index is 1.78. The van der Waals surface area contributed by atoms with Gasteiger partial charge in [-0.3, -0.25) is 0 Å². The first-order chi connectivity index (χ1) is 9.33. The number of benzene rings is 1. The number of thiazole rings is 1. The molecule has 0 amide bonds. The van der Waals surface area contributed by atoms with Crippen LogP contribution in [0.4, 0.5) is 0 Å². The lowest BCUT2D eigenvalue weighted by Crippen LogP contribution is -2.11. The lowest BCUT2D eigenvalue weighted by molar-refractivity contribution is 0.842. The van der Waals surface area contributed by atoms with Crippen molar-refractivity contribution in [2.24, 2.45) is 5.73 Å². The summed E-state index contributed by atoms with van der Waals surface area (Å²) in [5, 5.41) is 4.53. The summed E-state index contributed by atoms with van der Waals surface area (Å²) in [6.07, 6.45) is 3.57. The number of nitrogens with two attached hydrogens (primary N) is 1. The zero-order valence-electron chi connectivity index (χ0n) is 10.4. The highest BCUT2D eigenvalue weighted by molar-refractivity contribution is 7.17. The first-order valence-corrected chi connectivity index (χ1v) is 8.23. The van der Waals surface area contributed by atoms with Crippen LogP contribution in [0.1, 0.15) is 33.6 Å². The largest absolute Gasteiger partial charge is 0.318 e. The summed E-state index contributed by atoms with van der Waals surface area (Å²) in [5.74, 6) is 0. The van der Waals surface area contributed by atoms with E-state index in [0.29, 0.717) is 0 Å². The average molecular weight is 286 g/mol. The van der Waals surface area contributed by atoms with Gasteiger partial charge in [-0.1, -0.05) is 18.2 Å². The monoisotopic (exact) mass is 286 g/mol. The van der Waals surface area contributed by atoms with Crippen molar-refractivity contribution >= 4 is 32.8 Å². The van der Waals surface area contributed by atoms with Crippen LogP contribution in [0.15, 0.2) is 29.6 Å². The van der Waals surface area contributed by atoms with Gasteiger partial charge in [-0.25, -0.2) is 4.98 Å². The van der Waals surface area contributed by atoms with E-state index in [-0.39, 0.29) is 6.04 Å². The number of aryl methyl sites for hydroxylation is 2. The molecule has 3 aromatic rings. The fourth-order valence-corrected chi connectivity index (χ4v) is 4.89. The van der Waals surface area contributed by atoms with Crippen molar-refractivity contribution in [1.29, 1.82) is 0 Å². The van der Waals surface area contributed by atoms with Crippen LogP contribution in [0.2, 0.25) is 0 Å². The molecule has 1 aliphatic rings. The average Bonchev–Trinajstić information content (AvgIpc) is 3.11. The summed E-state index contributed by atoms with van der Waals surface area (Å²) in [5.41, 5.74) is 8.95. The van der Waals surface area contributed by atoms with Gasteiger partial charge in [-0.15, -0.1) is 22.7 Å². The SMILES string of the molecule is NC(c1nc2c(s1)CCC2)c1csc2ccccc12. The van der Waals surface area contributed by atoms with Gasteiger partial charge in [0.2, 0.25) is 0 Å². The molecule has 0 radical (unpaired) electrons. The lowest BCUT2D eigenvalue weighted by Gasteiger charge is -2.07. The zero-order chi connectivity index (χ0) is 12.8. The highest BCUT2D eigenvalue weighted by Crippen LogP contribution is 2.36. The number of nitrogens with zero attached hydrogens (tertiary/aromatic N) is 1. The minimum absolute atomic E-state index is 0.0771. The van der Waals surface area contributed by atoms with E-state index in [4.69, 9.17) is 10.7 Å². The summed E-state index contributed by atoms with van der Waals surface area (Å²) >= 11 is 3.57. The Morgan fingerprint density at radius 3 is 3.00 bits per heavy atom. The van der Waals surface area contributed by atoms with Crippen LogP contribution in [-0.2, 0) is 12.8 Å². The molecule has 2 aromatic heterocycles. The Morgan fingerprint density at radius 1 is 1.21 bits per heavy atom. The molecule has 1 atom stereocenters. The molecule has 4 rings (SSSR count). The second-order valence-corrected chi connectivity index (χ2v) is 6.97. The molecule has 0 bridgehead atoms. The van der Waals surface area contributed by atoms with E-state index < -0.39 is 0 Å². The molecule has 2 N–H and O–H groups in total. The van der Waals surface area contributed by atoms with Crippen molar-refractivity contribution in [3.63, 3.8) is 0 Å². The summed E-state index contributed by atoms with van der Waals surface area (Å²) in [6, 6.07) is 8.38. The van der Waals surface area contributed by atoms with E-state index in [9.17, 15) is 0 Å². The minimum atomic E-state index is -0.0771. The van der Waals surface area contributed by atoms with Crippen molar-refractivity contribution in [2.45, 2.75) is 25.3 Å². The fraction of sp³-hybridized carbons (Fsp3) is 0.267. The molecule has 2 nitrogen and oxygen atoms in total. The smallest absolute Gasteiger partial charge is 0.114 e. The zero-order valence-corrected chi connectivity index (χ0v) is 12.1. The number of aromatic nitrogens is 1. The third-order valence-electron chi connectivity index (χ3n) is 3.72. The summed E-state index contributed by atoms with van der Waals surface area (Å²) in [7, 11) is 0. The number of hydrogen-bond acceptors (Lipinski definition) is 4. The first-order valence-electron chi connectivity index (χ1n) is 6.53. The Hall–Kier alpha value is -1.23. The number of thiophene rings is 1. The van der Waals surface area contributed by atoms with Crippen molar-refractivity contribution in [3.8, 4) is 0 Å². The first kappa shape index (κ1) is 11.6. The van der Waals surface area contributed by atoms with Crippen molar-refractivity contribution in [2.75, 3.05) is 0 Å². The standard InChI is InChI=1S/C15H14N2S2/c16-14(15-17-11-5-3-7-13(11)19-15)10-8-18-12-6-2-1-4-9(10)12/h1-2,4,6,8,14H,3,5,7,16H2. The maximum atomic E-state index is 6.44. The van der Waals surface area contributed by atoms with Crippen molar-refractivity contribution in [3.05, 3.63) is 50.8 Å². The number of fused-ring (bicyclic) bond motifs is 2. The van der Waals surface area contributed by atoms with Gasteiger partial charge in [-0.2, -0.15) is 0 Å². The maximum Gasteiger partial charge on any atom is 0.114 e. The topological polar surface area (TPSA) is 38.9 Å². The van der Waals surface area contributed by atoms with Gasteiger partial charge in [0.15, 0.2) is 0 Å². The van der Waals surface area contributed by atoms with E-state index in [1.807, 2.05) is 0 Å². The van der Waals surface area contributed by atoms with Gasteiger partial charge >= 0.3 is 0 Å². The third-order valence-corrected chi connectivity index (χ3v) is 5.95. The molecule has 0 saturated carbocycles. The molecule has 1 unspecified atom stereocenters. The number of hydrogen-bond donors (Lipinski definition) is 1. The predicted octanol–water partition coefficient (Wildman–Crippen LogP) is 3.89. The lowest BCUT2D eigenvalue weighted by atomic mass is 10.1. The minimum Gasteiger partial charge on any atom is -0.318 e. The van der Waals surface area contributed by atoms with Gasteiger partial charge in [0.05, 0.1) is 11.7 Å². The van der Waals surface area contributed by atoms with Gasteiger partial charge in [0.25, 0.3) is 0 Å². The van der Waals surface area contributed by atoms with E-state index in [2.05, 4.69) is 29.6 Å². The molecular formula is C15H14N2S2. The molecule has 0 saturated heterocycles. The van der Waals surface area contributed by atoms with Gasteiger partial charge in [0, 0.05) is 9.58 Å². The second kappa shape index (κ2) is 4.40. The summed E-state index contributed by atoms with van der Waals surface area (Å²) in [4.78, 5) is 6.20. The number of rotatable bonds is 2. The molecule has 19 heavy (non-hydrogen) atoms. The van der Waals surface area contributed by atoms with Crippen LogP contribution in [0, 0.1) is 0 Å². The van der Waals surface area contributed by atoms with Crippen LogP contribution < -0.4 is 5.73 Å². The van der Waals surface area contributed by atoms with Crippen molar-refractivity contribution < 1.29 is 0 Å². The highest BCUT2D eigenvalue weighted by Gasteiger charge is 2.22. The molecule has 1 aliphatic carbocycles. The molecule has 0 spiro atoms. The Bertz CT molecular complexity index is 720. The third kappa shape index (κ3) is 1.83. The van der Waals surface area contributed by atoms with Crippen LogP contribution >= 0.6 is 22.7 Å². The van der Waals surface area contributed by atoms with Crippen LogP contribution in [0.3, 0.4) is 0 Å². The highest BCUT2D eigenvalue weighted by atomic mass is 32.1. The summed E-state index contributed by atoms with van der Waals surface area (Å²) < 4.78 is 1.30. The molecule has 4 heteroatoms. The van der Waals surface area contributed by atoms with Gasteiger partial charge in [0.1, 0.15) is 5.01 Å². The predicted molar refractivity (Wildman–Crippen MR) is 82.0 cm³/mol. The normalized spacial score (nSPS) is 15.8. The maximum absolute atomic E-state index is 6.44. The Kier molecular flexibility index (Phi) is 2.69. The van der Waals surface area contributed by atoms with E-state index in [1.54, 1.807) is 22.7 Å². The van der Waals surface area contributed by atoms with Crippen molar-refractivity contribution in [1.82, 2.24) is 4.98 Å². The van der Waals surface area contributed by atoms with Crippen LogP contribution in [-0.4, -0.2) is 4.98 Å². The molecule has 1 aromatic carbocycles. The molecule has 0 aliphatic heterocycles. The molecule has 0 fully saturated rings. The van der Waals surface area contributed by atoms with Gasteiger partial charge < -0.3 is 5.73 Å². The Labute approximate surface area is 119 Å². The quantitative estimate of drug-likeness (QED) is 0.776. The van der Waals surface area contributed by atoms with E-state index in [0.717, 1.165) is 11.4 Å². The fourth-order valence-electron chi connectivity index (χ4n) is 2.72. The molecule has 96 valence electrons. The molecular weight excluding hydrogens is 272 g/mol. The molecule has 2 heterocycles. The van der Waals surface area contributed by atoms with Crippen LogP contribution in [0.25, 0.3) is 10.1 Å². The van der Waals surface area contributed by atoms with Crippen LogP contribution in [0.5, 0.6) is 0 Å². The Morgan fingerprint density at radius 2 is 2.11 bits per heavy atom. The second-order valence-electron chi connectivity index (χ2n) is 4.94. The van der Waals surface area contributed by atoms with E-state index >= 15 is 0 Å². The van der Waals surface area contributed by atoms with E-state index in [1.165, 1.54) is 39.1 Å². The van der Waals surface area contributed by atoms with Gasteiger partial charge in [-0.05, 0) is 41.7 Å².